The predicted molar refractivity (Wildman–Crippen MR) is 199 cm³/mol. The minimum atomic E-state index is -0.0161. The zero-order chi connectivity index (χ0) is 33.6. The fourth-order valence-corrected chi connectivity index (χ4v) is 12.7. The van der Waals surface area contributed by atoms with Crippen LogP contribution in [-0.2, 0) is 10.8 Å². The van der Waals surface area contributed by atoms with Crippen molar-refractivity contribution >= 4 is 17.1 Å². The summed E-state index contributed by atoms with van der Waals surface area (Å²) in [6.07, 6.45) is 15.3. The first-order valence-corrected chi connectivity index (χ1v) is 19.1. The minimum Gasteiger partial charge on any atom is -0.457 e. The van der Waals surface area contributed by atoms with Crippen molar-refractivity contribution in [2.75, 3.05) is 17.2 Å². The van der Waals surface area contributed by atoms with Gasteiger partial charge in [0.05, 0.1) is 0 Å². The smallest absolute Gasteiger partial charge is 0.142 e. The van der Waals surface area contributed by atoms with E-state index < -0.39 is 0 Å². The van der Waals surface area contributed by atoms with Gasteiger partial charge in [-0.05, 0) is 185 Å². The zero-order valence-electron chi connectivity index (χ0n) is 28.9. The summed E-state index contributed by atoms with van der Waals surface area (Å²) in [5, 5.41) is 0. The Bertz CT molecular complexity index is 1730. The van der Waals surface area contributed by atoms with Gasteiger partial charge in [0.2, 0.25) is 0 Å². The van der Waals surface area contributed by atoms with E-state index in [1.165, 1.54) is 88.2 Å². The van der Waals surface area contributed by atoms with Crippen molar-refractivity contribution in [1.29, 1.82) is 0 Å². The lowest BCUT2D eigenvalue weighted by Gasteiger charge is -2.59. The Kier molecular flexibility index (Phi) is 6.92. The fourth-order valence-electron chi connectivity index (χ4n) is 12.7. The van der Waals surface area contributed by atoms with Gasteiger partial charge in [0.25, 0.3) is 0 Å². The SMILES string of the molecule is Nc1ccc(Oc2cc(Oc3ccc(N)cc3)c(C34CC5CC(CC(C5)C3)C4)c(Oc3ccc(N)cc3)c2C23CC4CC(CC(C4)C2)C3)cc1. The first-order valence-electron chi connectivity index (χ1n) is 19.1. The summed E-state index contributed by atoms with van der Waals surface area (Å²) in [5.74, 6) is 9.54. The first-order chi connectivity index (χ1) is 24.3. The number of nitrogens with two attached hydrogens (primary N) is 3. The van der Waals surface area contributed by atoms with Crippen molar-refractivity contribution in [2.45, 2.75) is 87.9 Å². The van der Waals surface area contributed by atoms with Crippen LogP contribution in [0.3, 0.4) is 0 Å². The quantitative estimate of drug-likeness (QED) is 0.162. The molecule has 4 aromatic carbocycles. The highest BCUT2D eigenvalue weighted by Gasteiger charge is 2.58. The van der Waals surface area contributed by atoms with Crippen LogP contribution in [0.2, 0.25) is 0 Å². The summed E-state index contributed by atoms with van der Waals surface area (Å²) in [5.41, 5.74) is 23.2. The van der Waals surface area contributed by atoms with E-state index in [1.54, 1.807) is 0 Å². The molecule has 50 heavy (non-hydrogen) atoms. The molecular weight excluding hydrogens is 619 g/mol. The Morgan fingerprint density at radius 1 is 0.400 bits per heavy atom. The van der Waals surface area contributed by atoms with Gasteiger partial charge in [-0.25, -0.2) is 0 Å². The van der Waals surface area contributed by atoms with Crippen LogP contribution in [0.15, 0.2) is 78.9 Å². The van der Waals surface area contributed by atoms with Crippen molar-refractivity contribution in [3.8, 4) is 34.5 Å². The number of anilines is 3. The third-order valence-corrected chi connectivity index (χ3v) is 13.7. The molecule has 0 atom stereocenters. The predicted octanol–water partition coefficient (Wildman–Crippen LogP) is 10.7. The molecule has 8 saturated carbocycles. The van der Waals surface area contributed by atoms with E-state index in [1.807, 2.05) is 72.8 Å². The molecular formula is C44H49N3O3. The summed E-state index contributed by atoms with van der Waals surface area (Å²) in [4.78, 5) is 0. The van der Waals surface area contributed by atoms with Gasteiger partial charge in [-0.3, -0.25) is 0 Å². The van der Waals surface area contributed by atoms with E-state index >= 15 is 0 Å². The van der Waals surface area contributed by atoms with Crippen molar-refractivity contribution in [3.05, 3.63) is 90.0 Å². The third kappa shape index (κ3) is 5.20. The second kappa shape index (κ2) is 11.3. The lowest BCUT2D eigenvalue weighted by molar-refractivity contribution is -0.0110. The summed E-state index contributed by atoms with van der Waals surface area (Å²) in [6, 6.07) is 25.8. The van der Waals surface area contributed by atoms with Crippen molar-refractivity contribution in [1.82, 2.24) is 0 Å². The molecule has 0 spiro atoms. The second-order valence-electron chi connectivity index (χ2n) is 17.4. The van der Waals surface area contributed by atoms with Crippen LogP contribution >= 0.6 is 0 Å². The standard InChI is InChI=1S/C44H49N3O3/c45-32-1-7-35(8-2-32)48-38-19-39(49-36-9-3-33(46)4-10-36)41(44-23-29-16-30(24-44)18-31(17-29)25-44)42(50-37-11-5-34(47)6-12-37)40(38)43-20-26-13-27(21-43)15-28(14-26)22-43/h1-12,19,26-31H,13-18,20-25,45-47H2. The van der Waals surface area contributed by atoms with E-state index in [2.05, 4.69) is 6.07 Å². The van der Waals surface area contributed by atoms with E-state index in [9.17, 15) is 0 Å². The summed E-state index contributed by atoms with van der Waals surface area (Å²) >= 11 is 0. The van der Waals surface area contributed by atoms with Crippen molar-refractivity contribution in [3.63, 3.8) is 0 Å². The van der Waals surface area contributed by atoms with Crippen LogP contribution in [-0.4, -0.2) is 0 Å². The summed E-state index contributed by atoms with van der Waals surface area (Å²) in [6.45, 7) is 0. The molecule has 0 unspecified atom stereocenters. The van der Waals surface area contributed by atoms with Gasteiger partial charge < -0.3 is 31.4 Å². The average Bonchev–Trinajstić information content (AvgIpc) is 3.06. The Morgan fingerprint density at radius 2 is 0.680 bits per heavy atom. The zero-order valence-corrected chi connectivity index (χ0v) is 28.9. The highest BCUT2D eigenvalue weighted by atomic mass is 16.5. The van der Waals surface area contributed by atoms with Gasteiger partial charge in [0.1, 0.15) is 34.5 Å². The molecule has 0 amide bonds. The van der Waals surface area contributed by atoms with E-state index in [-0.39, 0.29) is 10.8 Å². The lowest BCUT2D eigenvalue weighted by Crippen LogP contribution is -2.50. The van der Waals surface area contributed by atoms with E-state index in [0.717, 1.165) is 87.1 Å². The second-order valence-corrected chi connectivity index (χ2v) is 17.4. The molecule has 4 aromatic rings. The minimum absolute atomic E-state index is 0.0161. The van der Waals surface area contributed by atoms with Gasteiger partial charge in [0, 0.05) is 45.1 Å². The third-order valence-electron chi connectivity index (χ3n) is 13.7. The molecule has 0 aliphatic heterocycles. The lowest BCUT2D eigenvalue weighted by atomic mass is 9.46. The van der Waals surface area contributed by atoms with E-state index in [0.29, 0.717) is 0 Å². The first kappa shape index (κ1) is 30.5. The molecule has 0 radical (unpaired) electrons. The van der Waals surface area contributed by atoms with Gasteiger partial charge in [-0.2, -0.15) is 0 Å². The number of benzene rings is 4. The van der Waals surface area contributed by atoms with Gasteiger partial charge in [-0.1, -0.05) is 0 Å². The summed E-state index contributed by atoms with van der Waals surface area (Å²) < 4.78 is 21.5. The molecule has 0 saturated heterocycles. The van der Waals surface area contributed by atoms with Crippen LogP contribution in [0, 0.1) is 35.5 Å². The molecule has 0 heterocycles. The topological polar surface area (TPSA) is 106 Å². The molecule has 8 fully saturated rings. The van der Waals surface area contributed by atoms with Crippen LogP contribution in [0.25, 0.3) is 0 Å². The average molecular weight is 668 g/mol. The van der Waals surface area contributed by atoms with Gasteiger partial charge in [-0.15, -0.1) is 0 Å². The number of nitrogen functional groups attached to an aromatic ring is 3. The number of hydrogen-bond acceptors (Lipinski definition) is 6. The maximum Gasteiger partial charge on any atom is 0.142 e. The molecule has 8 aliphatic carbocycles. The maximum absolute atomic E-state index is 7.41. The summed E-state index contributed by atoms with van der Waals surface area (Å²) in [7, 11) is 0. The Balaban J connectivity index is 1.25. The molecule has 0 aromatic heterocycles. The number of hydrogen-bond donors (Lipinski definition) is 3. The highest BCUT2D eigenvalue weighted by Crippen LogP contribution is 2.69. The molecule has 8 bridgehead atoms. The molecule has 8 aliphatic rings. The van der Waals surface area contributed by atoms with Crippen LogP contribution in [0.4, 0.5) is 17.1 Å². The maximum atomic E-state index is 7.41. The van der Waals surface area contributed by atoms with Gasteiger partial charge >= 0.3 is 0 Å². The van der Waals surface area contributed by atoms with Crippen molar-refractivity contribution in [2.24, 2.45) is 35.5 Å². The van der Waals surface area contributed by atoms with E-state index in [4.69, 9.17) is 31.4 Å². The molecule has 6 N–H and O–H groups in total. The van der Waals surface area contributed by atoms with Crippen molar-refractivity contribution < 1.29 is 14.2 Å². The molecule has 6 heteroatoms. The Morgan fingerprint density at radius 3 is 0.980 bits per heavy atom. The fraction of sp³-hybridized carbons (Fsp3) is 0.455. The Hall–Kier alpha value is -4.32. The van der Waals surface area contributed by atoms with Crippen LogP contribution < -0.4 is 31.4 Å². The number of ether oxygens (including phenoxy) is 3. The molecule has 258 valence electrons. The van der Waals surface area contributed by atoms with Gasteiger partial charge in [0.15, 0.2) is 0 Å². The molecule has 12 rings (SSSR count). The number of rotatable bonds is 8. The van der Waals surface area contributed by atoms with Crippen LogP contribution in [0.1, 0.15) is 88.2 Å². The Labute approximate surface area is 295 Å². The largest absolute Gasteiger partial charge is 0.457 e. The monoisotopic (exact) mass is 667 g/mol. The van der Waals surface area contributed by atoms with Crippen LogP contribution in [0.5, 0.6) is 34.5 Å². The molecule has 6 nitrogen and oxygen atoms in total. The normalized spacial score (nSPS) is 33.0. The highest BCUT2D eigenvalue weighted by molar-refractivity contribution is 5.66.